The Kier molecular flexibility index (Phi) is 77.9. The lowest BCUT2D eigenvalue weighted by molar-refractivity contribution is -0.151. The molecule has 0 aromatic carbocycles. The molecule has 0 bridgehead atoms. The van der Waals surface area contributed by atoms with Gasteiger partial charge in [-0.25, -0.2) is 0 Å². The van der Waals surface area contributed by atoms with Crippen LogP contribution >= 0.6 is 16.3 Å². The summed E-state index contributed by atoms with van der Waals surface area (Å²) in [6.07, 6.45) is 59.2. The number of nitrogens with one attached hydrogen (secondary N) is 4. The zero-order valence-electron chi connectivity index (χ0n) is 70.6. The van der Waals surface area contributed by atoms with Gasteiger partial charge < -0.3 is 40.0 Å². The maximum atomic E-state index is 13.3. The first-order chi connectivity index (χ1) is 52.9. The summed E-state index contributed by atoms with van der Waals surface area (Å²) >= 11 is 0. The summed E-state index contributed by atoms with van der Waals surface area (Å²) in [7, 11) is -8.92. The zero-order chi connectivity index (χ0) is 80.0. The summed E-state index contributed by atoms with van der Waals surface area (Å²) in [4.78, 5) is 108. The van der Waals surface area contributed by atoms with Crippen LogP contribution in [0.2, 0.25) is 0 Å². The van der Waals surface area contributed by atoms with Gasteiger partial charge in [0.15, 0.2) is 0 Å². The number of esters is 2. The fraction of sp³-hybridized carbons (Fsp3) is 0.941. The van der Waals surface area contributed by atoms with E-state index in [1.807, 2.05) is 0 Å². The van der Waals surface area contributed by atoms with Gasteiger partial charge in [-0.2, -0.15) is 37.7 Å². The fourth-order valence-corrected chi connectivity index (χ4v) is 14.9. The quantitative estimate of drug-likeness (QED) is 0.00898. The molecule has 0 rings (SSSR count). The van der Waals surface area contributed by atoms with E-state index in [0.717, 1.165) is 161 Å². The van der Waals surface area contributed by atoms with Gasteiger partial charge in [-0.15, -0.1) is 0 Å². The van der Waals surface area contributed by atoms with Crippen LogP contribution in [0.15, 0.2) is 0 Å². The lowest BCUT2D eigenvalue weighted by Crippen LogP contribution is -2.44. The van der Waals surface area contributed by atoms with Crippen LogP contribution in [-0.4, -0.2) is 151 Å². The third-order valence-corrected chi connectivity index (χ3v) is 22.1. The van der Waals surface area contributed by atoms with Gasteiger partial charge in [0.05, 0.1) is 38.5 Å². The molecule has 5 atom stereocenters. The van der Waals surface area contributed by atoms with Crippen molar-refractivity contribution in [1.82, 2.24) is 21.3 Å². The zero-order valence-corrected chi connectivity index (χ0v) is 72.4. The summed E-state index contributed by atoms with van der Waals surface area (Å²) in [6.45, 7) is 12.0. The van der Waals surface area contributed by atoms with Crippen molar-refractivity contribution in [3.63, 3.8) is 0 Å². The summed E-state index contributed by atoms with van der Waals surface area (Å²) in [5, 5.41) is 22.2. The van der Waals surface area contributed by atoms with Gasteiger partial charge in [0.25, 0.3) is 0 Å². The molecule has 0 heterocycles. The monoisotopic (exact) mass is 1600 g/mol. The summed E-state index contributed by atoms with van der Waals surface area (Å²) in [5.41, 5.74) is 0. The first-order valence-corrected chi connectivity index (χ1v) is 48.1. The second kappa shape index (κ2) is 79.6. The van der Waals surface area contributed by atoms with Crippen LogP contribution in [0.4, 0.5) is 0 Å². The molecule has 0 aliphatic carbocycles. The highest BCUT2D eigenvalue weighted by Crippen LogP contribution is 2.53. The van der Waals surface area contributed by atoms with Gasteiger partial charge in [0.1, 0.15) is 51.3 Å². The molecule has 0 saturated carbocycles. The number of hydrogen-bond donors (Lipinski definition) is 9. The Hall–Kier alpha value is -2.27. The summed E-state index contributed by atoms with van der Waals surface area (Å²) < 4.78 is 45.8. The van der Waals surface area contributed by atoms with Crippen LogP contribution in [0.5, 0.6) is 0 Å². The van der Waals surface area contributed by atoms with Crippen LogP contribution in [0.1, 0.15) is 420 Å². The molecule has 646 valence electrons. The molecule has 0 saturated heterocycles. The van der Waals surface area contributed by atoms with Crippen molar-refractivity contribution in [2.24, 2.45) is 0 Å². The average Bonchev–Trinajstić information content (AvgIpc) is 0.927. The number of rotatable bonds is 87. The first kappa shape index (κ1) is 107. The molecular formula is C85H170N4O18P2+2. The topological polar surface area (TPSA) is 308 Å². The molecule has 9 N–H and O–H groups in total. The fourth-order valence-electron chi connectivity index (χ4n) is 13.3. The molecule has 109 heavy (non-hydrogen) atoms. The third-order valence-electron chi connectivity index (χ3n) is 20.1. The molecule has 0 radical (unpaired) electrons. The maximum Gasteiger partial charge on any atom is 0.570 e. The molecule has 22 nitrogen and oxygen atoms in total. The minimum Gasteiger partial charge on any atom is -0.462 e. The standard InChI is InChI=1S/C85H168N4O18P2/c1-7-13-19-25-29-33-35-39-41-47-53-59-80(90)88-76(72-100-67-63-78(57-51-45-23-17-11-5)106-84(94)61-55-49-43-37-31-27-21-15-9-3)74-104-108(96,97)102-69-65-86-82(92)71-83(93)87-66-70-103-109(98,99)105-75-77(89-81(91)60-54-48-42-40-36-34-30-26-20-14-8-2)73-101-68-64-79(58-52-46-24-18-12-6)107-85(95)62-56-50-44-38-32-28-22-16-10-4/h76-80,88,90,96-99H,7-75H2,1-6H3,(H-2,86,87,89,91,92,93)/p+2. The van der Waals surface area contributed by atoms with Crippen molar-refractivity contribution in [2.75, 3.05) is 65.9 Å². The SMILES string of the molecule is CCCCCCCCCCCCCC(=O)NC(COCCC(CCCCCCC)OC(=O)CCCCCCCCCCC)CO[P+](O)(O)OCCNC(=O)CC(=O)NCCO[P+](O)(O)OCC(COCCC(CCCCCCC)OC(=O)CCCCCCCCCCC)NC(O)CCCCCCCCCCCCC. The van der Waals surface area contributed by atoms with Crippen LogP contribution in [0.25, 0.3) is 0 Å². The van der Waals surface area contributed by atoms with E-state index < -0.39 is 52.9 Å². The highest BCUT2D eigenvalue weighted by atomic mass is 31.2. The van der Waals surface area contributed by atoms with Gasteiger partial charge in [0.2, 0.25) is 17.7 Å². The summed E-state index contributed by atoms with van der Waals surface area (Å²) in [6, 6.07) is -1.45. The summed E-state index contributed by atoms with van der Waals surface area (Å²) in [5.74, 6) is -1.98. The maximum absolute atomic E-state index is 13.3. The minimum absolute atomic E-state index is 0.0114. The van der Waals surface area contributed by atoms with E-state index in [4.69, 9.17) is 37.0 Å². The van der Waals surface area contributed by atoms with E-state index >= 15 is 0 Å². The van der Waals surface area contributed by atoms with E-state index in [1.165, 1.54) is 167 Å². The van der Waals surface area contributed by atoms with Gasteiger partial charge in [-0.3, -0.25) is 29.3 Å². The molecule has 0 fully saturated rings. The Morgan fingerprint density at radius 1 is 0.303 bits per heavy atom. The molecular weight excluding hydrogens is 1430 g/mol. The first-order valence-electron chi connectivity index (χ1n) is 45.0. The van der Waals surface area contributed by atoms with E-state index in [1.54, 1.807) is 0 Å². The van der Waals surface area contributed by atoms with Crippen LogP contribution in [0, 0.1) is 0 Å². The normalized spacial score (nSPS) is 13.3. The molecule has 0 aliphatic rings. The molecule has 0 spiro atoms. The van der Waals surface area contributed by atoms with Crippen molar-refractivity contribution in [1.29, 1.82) is 0 Å². The Balaban J connectivity index is 5.51. The van der Waals surface area contributed by atoms with Crippen LogP contribution in [0.3, 0.4) is 0 Å². The molecule has 24 heteroatoms. The van der Waals surface area contributed by atoms with E-state index in [0.29, 0.717) is 38.5 Å². The van der Waals surface area contributed by atoms with Gasteiger partial charge >= 0.3 is 28.3 Å². The van der Waals surface area contributed by atoms with E-state index in [-0.39, 0.29) is 102 Å². The van der Waals surface area contributed by atoms with Crippen molar-refractivity contribution in [3.05, 3.63) is 0 Å². The lowest BCUT2D eigenvalue weighted by Gasteiger charge is -2.23. The number of ether oxygens (including phenoxy) is 4. The predicted molar refractivity (Wildman–Crippen MR) is 445 cm³/mol. The molecule has 0 aliphatic heterocycles. The van der Waals surface area contributed by atoms with E-state index in [2.05, 4.69) is 62.8 Å². The second-order valence-electron chi connectivity index (χ2n) is 30.9. The van der Waals surface area contributed by atoms with Crippen LogP contribution < -0.4 is 21.3 Å². The number of unbranched alkanes of at least 4 members (excludes halogenated alkanes) is 44. The molecule has 5 unspecified atom stereocenters. The Morgan fingerprint density at radius 2 is 0.587 bits per heavy atom. The number of carbonyl (C=O) groups excluding carboxylic acids is 5. The van der Waals surface area contributed by atoms with Gasteiger partial charge in [-0.05, 0) is 57.8 Å². The number of aliphatic hydroxyl groups excluding tert-OH is 1. The highest BCUT2D eigenvalue weighted by Gasteiger charge is 2.42. The molecule has 0 aromatic rings. The Bertz CT molecular complexity index is 2040. The lowest BCUT2D eigenvalue weighted by atomic mass is 10.0. The predicted octanol–water partition coefficient (Wildman–Crippen LogP) is 20.4. The van der Waals surface area contributed by atoms with Gasteiger partial charge in [-0.1, -0.05) is 324 Å². The number of carbonyl (C=O) groups is 5. The smallest absolute Gasteiger partial charge is 0.462 e. The van der Waals surface area contributed by atoms with E-state index in [9.17, 15) is 48.7 Å². The second-order valence-corrected chi connectivity index (χ2v) is 33.9. The molecule has 0 aromatic heterocycles. The van der Waals surface area contributed by atoms with Crippen molar-refractivity contribution in [2.45, 2.75) is 451 Å². The third kappa shape index (κ3) is 76.8. The minimum atomic E-state index is -4.47. The largest absolute Gasteiger partial charge is 0.570 e. The van der Waals surface area contributed by atoms with Gasteiger partial charge in [0, 0.05) is 45.2 Å². The Labute approximate surface area is 666 Å². The number of amides is 3. The van der Waals surface area contributed by atoms with Crippen molar-refractivity contribution >= 4 is 46.0 Å². The van der Waals surface area contributed by atoms with Crippen molar-refractivity contribution in [3.8, 4) is 0 Å². The number of aliphatic hydroxyl groups is 1. The average molecular weight is 1600 g/mol. The molecule has 3 amide bonds. The van der Waals surface area contributed by atoms with Crippen LogP contribution in [-0.2, 0) is 61.0 Å². The number of hydrogen-bond acceptors (Lipinski definition) is 19. The Morgan fingerprint density at radius 3 is 0.927 bits per heavy atom. The highest BCUT2D eigenvalue weighted by molar-refractivity contribution is 7.54. The van der Waals surface area contributed by atoms with Crippen molar-refractivity contribution < 1.29 is 85.7 Å².